The second kappa shape index (κ2) is 22.8. The van der Waals surface area contributed by atoms with E-state index in [1.54, 1.807) is 6.20 Å². The zero-order valence-corrected chi connectivity index (χ0v) is 27.4. The van der Waals surface area contributed by atoms with Crippen molar-refractivity contribution < 1.29 is 4.79 Å². The number of carbonyl (C=O) groups is 1. The Morgan fingerprint density at radius 3 is 2.29 bits per heavy atom. The molecule has 1 saturated heterocycles. The SMILES string of the molecule is C=C.C=O.CC.CC.CC1=CC=C(C)CC=C1.Cc1cnn2c(NCc3cccnc3)cc(C3CCN(C)CC3)nc12. The number of allylic oxidation sites excluding steroid dienone is 6. The molecule has 0 radical (unpaired) electrons. The van der Waals surface area contributed by atoms with Gasteiger partial charge >= 0.3 is 0 Å². The molecule has 1 N–H and O–H groups in total. The third kappa shape index (κ3) is 12.8. The Morgan fingerprint density at radius 1 is 1.00 bits per heavy atom. The zero-order chi connectivity index (χ0) is 31.9. The molecule has 5 rings (SSSR count). The van der Waals surface area contributed by atoms with Crippen molar-refractivity contribution in [1.29, 1.82) is 0 Å². The van der Waals surface area contributed by atoms with Gasteiger partial charge in [-0.1, -0.05) is 69.2 Å². The lowest BCUT2D eigenvalue weighted by molar-refractivity contribution is -0.0980. The second-order valence-corrected chi connectivity index (χ2v) is 9.45. The average Bonchev–Trinajstić information content (AvgIpc) is 3.33. The third-order valence-electron chi connectivity index (χ3n) is 6.45. The first kappa shape index (κ1) is 38.2. The van der Waals surface area contributed by atoms with E-state index in [1.807, 2.05) is 57.5 Å². The maximum absolute atomic E-state index is 8.00. The first-order valence-corrected chi connectivity index (χ1v) is 15.0. The Balaban J connectivity index is 0.000000828. The van der Waals surface area contributed by atoms with E-state index in [1.165, 1.54) is 16.8 Å². The summed E-state index contributed by atoms with van der Waals surface area (Å²) in [6.07, 6.45) is 17.7. The van der Waals surface area contributed by atoms with Crippen molar-refractivity contribution in [2.45, 2.75) is 80.2 Å². The van der Waals surface area contributed by atoms with Crippen LogP contribution in [0.15, 0.2) is 85.4 Å². The molecule has 0 unspecified atom stereocenters. The quantitative estimate of drug-likeness (QED) is 0.316. The highest BCUT2D eigenvalue weighted by Gasteiger charge is 2.21. The monoisotopic (exact) mass is 574 g/mol. The fourth-order valence-corrected chi connectivity index (χ4v) is 4.25. The standard InChI is InChI=1S/C19H24N6.C9H12.2C2H6.C2H4.CH2O/c1-14-11-22-25-18(21-13-15-4-3-7-20-12-15)10-17(23-19(14)25)16-5-8-24(2)9-6-16;1-8-4-3-5-9(2)7-6-8;4*1-2/h3-4,7,10-12,16,21H,5-6,8-9,13H2,1-2H3;3-4,6-7H,5H2,1-2H3;2*1-2H3;1-2H2;1H2. The first-order valence-electron chi connectivity index (χ1n) is 15.0. The molecule has 0 saturated carbocycles. The highest BCUT2D eigenvalue weighted by atomic mass is 16.1. The van der Waals surface area contributed by atoms with E-state index < -0.39 is 0 Å². The van der Waals surface area contributed by atoms with E-state index in [0.29, 0.717) is 5.92 Å². The molecule has 1 fully saturated rings. The molecule has 7 nitrogen and oxygen atoms in total. The first-order chi connectivity index (χ1) is 20.5. The van der Waals surface area contributed by atoms with E-state index in [-0.39, 0.29) is 0 Å². The Hall–Kier alpha value is -3.84. The van der Waals surface area contributed by atoms with E-state index in [4.69, 9.17) is 9.78 Å². The number of pyridine rings is 1. The highest BCUT2D eigenvalue weighted by Crippen LogP contribution is 2.29. The van der Waals surface area contributed by atoms with Crippen LogP contribution in [0.3, 0.4) is 0 Å². The topological polar surface area (TPSA) is 75.4 Å². The number of nitrogens with one attached hydrogen (secondary N) is 1. The number of carbonyl (C=O) groups excluding carboxylic acids is 1. The number of aromatic nitrogens is 4. The molecule has 0 atom stereocenters. The Morgan fingerprint density at radius 2 is 1.67 bits per heavy atom. The minimum atomic E-state index is 0.523. The molecule has 0 bridgehead atoms. The number of rotatable bonds is 4. The number of nitrogens with zero attached hydrogens (tertiary/aromatic N) is 5. The summed E-state index contributed by atoms with van der Waals surface area (Å²) in [5.41, 5.74) is 7.16. The van der Waals surface area contributed by atoms with Gasteiger partial charge in [0.2, 0.25) is 0 Å². The maximum Gasteiger partial charge on any atom is 0.160 e. The number of fused-ring (bicyclic) bond motifs is 1. The zero-order valence-electron chi connectivity index (χ0n) is 27.4. The molecule has 0 aromatic carbocycles. The van der Waals surface area contributed by atoms with Crippen molar-refractivity contribution in [2.24, 2.45) is 0 Å². The molecule has 0 spiro atoms. The second-order valence-electron chi connectivity index (χ2n) is 9.45. The molecule has 0 amide bonds. The molecule has 230 valence electrons. The number of aryl methyl sites for hydroxylation is 1. The molecule has 2 aliphatic rings. The molecule has 3 aromatic rings. The fourth-order valence-electron chi connectivity index (χ4n) is 4.25. The van der Waals surface area contributed by atoms with Crippen LogP contribution in [-0.2, 0) is 11.3 Å². The summed E-state index contributed by atoms with van der Waals surface area (Å²) in [4.78, 5) is 19.5. The number of anilines is 1. The summed E-state index contributed by atoms with van der Waals surface area (Å²) < 4.78 is 1.91. The maximum atomic E-state index is 8.00. The summed E-state index contributed by atoms with van der Waals surface area (Å²) in [6, 6.07) is 6.21. The van der Waals surface area contributed by atoms with Gasteiger partial charge in [0.25, 0.3) is 0 Å². The van der Waals surface area contributed by atoms with Gasteiger partial charge in [-0.15, -0.1) is 13.2 Å². The summed E-state index contributed by atoms with van der Waals surface area (Å²) in [5.74, 6) is 1.52. The third-order valence-corrected chi connectivity index (χ3v) is 6.45. The van der Waals surface area contributed by atoms with Gasteiger partial charge in [0.15, 0.2) is 5.65 Å². The van der Waals surface area contributed by atoms with Crippen LogP contribution in [0.5, 0.6) is 0 Å². The van der Waals surface area contributed by atoms with Crippen molar-refractivity contribution in [3.05, 3.63) is 102 Å². The van der Waals surface area contributed by atoms with E-state index >= 15 is 0 Å². The van der Waals surface area contributed by atoms with E-state index in [2.05, 4.69) is 97.7 Å². The van der Waals surface area contributed by atoms with Gasteiger partial charge in [-0.3, -0.25) is 4.98 Å². The fraction of sp³-hybridized carbons (Fsp3) is 0.429. The van der Waals surface area contributed by atoms with Crippen molar-refractivity contribution in [3.63, 3.8) is 0 Å². The lowest BCUT2D eigenvalue weighted by Crippen LogP contribution is -2.29. The van der Waals surface area contributed by atoms with Crippen LogP contribution in [0.4, 0.5) is 5.82 Å². The van der Waals surface area contributed by atoms with Crippen molar-refractivity contribution in [1.82, 2.24) is 24.5 Å². The van der Waals surface area contributed by atoms with Crippen LogP contribution >= 0.6 is 0 Å². The van der Waals surface area contributed by atoms with Gasteiger partial charge in [0.05, 0.1) is 6.20 Å². The molecule has 3 aromatic heterocycles. The summed E-state index contributed by atoms with van der Waals surface area (Å²) >= 11 is 0. The van der Waals surface area contributed by atoms with Crippen LogP contribution in [0.25, 0.3) is 5.65 Å². The summed E-state index contributed by atoms with van der Waals surface area (Å²) in [7, 11) is 2.19. The molecular formula is C35H54N6O. The predicted molar refractivity (Wildman–Crippen MR) is 181 cm³/mol. The van der Waals surface area contributed by atoms with Crippen LogP contribution in [0.1, 0.15) is 83.5 Å². The Bertz CT molecular complexity index is 1220. The number of piperidine rings is 1. The largest absolute Gasteiger partial charge is 0.366 e. The van der Waals surface area contributed by atoms with Crippen molar-refractivity contribution in [3.8, 4) is 0 Å². The van der Waals surface area contributed by atoms with E-state index in [0.717, 1.165) is 61.5 Å². The average molecular weight is 575 g/mol. The van der Waals surface area contributed by atoms with Crippen LogP contribution in [0, 0.1) is 6.92 Å². The van der Waals surface area contributed by atoms with Gasteiger partial charge in [-0.05, 0) is 71.8 Å². The molecule has 4 heterocycles. The predicted octanol–water partition coefficient (Wildman–Crippen LogP) is 8.36. The molecule has 1 aliphatic heterocycles. The van der Waals surface area contributed by atoms with Gasteiger partial charge in [0, 0.05) is 42.2 Å². The normalized spacial score (nSPS) is 14.2. The molecular weight excluding hydrogens is 520 g/mol. The summed E-state index contributed by atoms with van der Waals surface area (Å²) in [6.45, 7) is 25.3. The van der Waals surface area contributed by atoms with Gasteiger partial charge in [-0.25, -0.2) is 4.98 Å². The lowest BCUT2D eigenvalue weighted by Gasteiger charge is -2.28. The lowest BCUT2D eigenvalue weighted by atomic mass is 9.93. The minimum Gasteiger partial charge on any atom is -0.366 e. The minimum absolute atomic E-state index is 0.523. The Kier molecular flexibility index (Phi) is 20.7. The van der Waals surface area contributed by atoms with Crippen LogP contribution < -0.4 is 5.32 Å². The van der Waals surface area contributed by atoms with Crippen molar-refractivity contribution >= 4 is 18.3 Å². The Labute approximate surface area is 255 Å². The number of hydrogen-bond donors (Lipinski definition) is 1. The smallest absolute Gasteiger partial charge is 0.160 e. The highest BCUT2D eigenvalue weighted by molar-refractivity contribution is 5.54. The van der Waals surface area contributed by atoms with Crippen LogP contribution in [-0.4, -0.2) is 51.4 Å². The van der Waals surface area contributed by atoms with Gasteiger partial charge < -0.3 is 15.0 Å². The van der Waals surface area contributed by atoms with Crippen molar-refractivity contribution in [2.75, 3.05) is 25.5 Å². The molecule has 42 heavy (non-hydrogen) atoms. The van der Waals surface area contributed by atoms with Crippen LogP contribution in [0.2, 0.25) is 0 Å². The molecule has 7 heteroatoms. The van der Waals surface area contributed by atoms with Gasteiger partial charge in [-0.2, -0.15) is 9.61 Å². The molecule has 1 aliphatic carbocycles. The number of hydrogen-bond acceptors (Lipinski definition) is 6. The van der Waals surface area contributed by atoms with Gasteiger partial charge in [0.1, 0.15) is 12.6 Å². The number of likely N-dealkylation sites (tertiary alicyclic amines) is 1. The van der Waals surface area contributed by atoms with E-state index in [9.17, 15) is 0 Å². The summed E-state index contributed by atoms with van der Waals surface area (Å²) in [5, 5.41) is 8.01.